The lowest BCUT2D eigenvalue weighted by Crippen LogP contribution is -2.07. The molecular weight excluding hydrogens is 228 g/mol. The first-order chi connectivity index (χ1) is 7.58. The van der Waals surface area contributed by atoms with Gasteiger partial charge in [0.15, 0.2) is 0 Å². The summed E-state index contributed by atoms with van der Waals surface area (Å²) in [6.07, 6.45) is 0.0858. The van der Waals surface area contributed by atoms with Crippen LogP contribution in [-0.2, 0) is 6.42 Å². The van der Waals surface area contributed by atoms with E-state index in [1.165, 1.54) is 0 Å². The number of rotatable bonds is 5. The van der Waals surface area contributed by atoms with Crippen LogP contribution in [0.2, 0.25) is 5.02 Å². The fraction of sp³-hybridized carbons (Fsp3) is 0.500. The van der Waals surface area contributed by atoms with Crippen molar-refractivity contribution in [3.8, 4) is 11.5 Å². The molecule has 0 saturated carbocycles. The van der Waals surface area contributed by atoms with Gasteiger partial charge < -0.3 is 14.6 Å². The third-order valence-electron chi connectivity index (χ3n) is 2.15. The number of methoxy groups -OCH3 is 1. The van der Waals surface area contributed by atoms with E-state index in [9.17, 15) is 5.11 Å². The molecule has 0 spiro atoms. The Balaban J connectivity index is 3.08. The zero-order valence-electron chi connectivity index (χ0n) is 9.79. The van der Waals surface area contributed by atoms with Gasteiger partial charge in [-0.3, -0.25) is 0 Å². The van der Waals surface area contributed by atoms with Gasteiger partial charge in [-0.2, -0.15) is 0 Å². The molecule has 1 rings (SSSR count). The molecule has 0 radical (unpaired) electrons. The van der Waals surface area contributed by atoms with Gasteiger partial charge in [0.1, 0.15) is 11.5 Å². The molecule has 0 aliphatic heterocycles. The summed E-state index contributed by atoms with van der Waals surface area (Å²) in [5.41, 5.74) is 0.891. The van der Waals surface area contributed by atoms with Crippen molar-refractivity contribution in [2.24, 2.45) is 0 Å². The summed E-state index contributed by atoms with van der Waals surface area (Å²) in [4.78, 5) is 0. The Hall–Kier alpha value is -0.930. The van der Waals surface area contributed by atoms with Crippen LogP contribution < -0.4 is 9.47 Å². The maximum atomic E-state index is 9.39. The van der Waals surface area contributed by atoms with Gasteiger partial charge >= 0.3 is 0 Å². The average molecular weight is 245 g/mol. The molecule has 16 heavy (non-hydrogen) atoms. The van der Waals surface area contributed by atoms with E-state index in [1.54, 1.807) is 26.2 Å². The molecule has 1 N–H and O–H groups in total. The minimum Gasteiger partial charge on any atom is -0.495 e. The van der Waals surface area contributed by atoms with Crippen molar-refractivity contribution < 1.29 is 14.6 Å². The monoisotopic (exact) mass is 244 g/mol. The van der Waals surface area contributed by atoms with E-state index < -0.39 is 6.10 Å². The minimum absolute atomic E-state index is 0.427. The smallest absolute Gasteiger partial charge is 0.141 e. The molecule has 0 aliphatic rings. The first-order valence-corrected chi connectivity index (χ1v) is 5.63. The highest BCUT2D eigenvalue weighted by Crippen LogP contribution is 2.33. The number of benzene rings is 1. The molecule has 4 heteroatoms. The topological polar surface area (TPSA) is 38.7 Å². The van der Waals surface area contributed by atoms with Crippen molar-refractivity contribution in [1.29, 1.82) is 0 Å². The lowest BCUT2D eigenvalue weighted by Gasteiger charge is -2.14. The molecule has 0 aliphatic carbocycles. The molecule has 3 nitrogen and oxygen atoms in total. The first-order valence-electron chi connectivity index (χ1n) is 5.25. The van der Waals surface area contributed by atoms with Crippen LogP contribution in [0.4, 0.5) is 0 Å². The quantitative estimate of drug-likeness (QED) is 0.866. The van der Waals surface area contributed by atoms with E-state index in [0.29, 0.717) is 29.5 Å². The summed E-state index contributed by atoms with van der Waals surface area (Å²) in [6, 6.07) is 3.53. The van der Waals surface area contributed by atoms with Gasteiger partial charge in [-0.25, -0.2) is 0 Å². The highest BCUT2D eigenvalue weighted by molar-refractivity contribution is 6.32. The summed E-state index contributed by atoms with van der Waals surface area (Å²) < 4.78 is 10.6. The van der Waals surface area contributed by atoms with Gasteiger partial charge in [0, 0.05) is 12.5 Å². The maximum absolute atomic E-state index is 9.39. The number of aliphatic hydroxyl groups is 1. The van der Waals surface area contributed by atoms with Crippen molar-refractivity contribution in [3.05, 3.63) is 22.7 Å². The third-order valence-corrected chi connectivity index (χ3v) is 2.45. The Morgan fingerprint density at radius 1 is 1.38 bits per heavy atom. The summed E-state index contributed by atoms with van der Waals surface area (Å²) in [7, 11) is 1.56. The summed E-state index contributed by atoms with van der Waals surface area (Å²) in [6.45, 7) is 4.21. The van der Waals surface area contributed by atoms with E-state index in [-0.39, 0.29) is 0 Å². The predicted octanol–water partition coefficient (Wildman–Crippen LogP) is 2.67. The Kier molecular flexibility index (Phi) is 4.90. The molecular formula is C12H17ClO3. The first kappa shape index (κ1) is 13.1. The van der Waals surface area contributed by atoms with Crippen LogP contribution in [0.1, 0.15) is 19.4 Å². The van der Waals surface area contributed by atoms with Crippen LogP contribution in [-0.4, -0.2) is 24.9 Å². The van der Waals surface area contributed by atoms with Gasteiger partial charge in [0.05, 0.1) is 24.8 Å². The number of hydrogen-bond acceptors (Lipinski definition) is 3. The van der Waals surface area contributed by atoms with Gasteiger partial charge in [-0.15, -0.1) is 0 Å². The van der Waals surface area contributed by atoms with Crippen LogP contribution in [0.5, 0.6) is 11.5 Å². The minimum atomic E-state index is -0.427. The zero-order valence-corrected chi connectivity index (χ0v) is 10.5. The zero-order chi connectivity index (χ0) is 12.1. The van der Waals surface area contributed by atoms with Crippen molar-refractivity contribution in [3.63, 3.8) is 0 Å². The van der Waals surface area contributed by atoms with Crippen LogP contribution in [0, 0.1) is 0 Å². The Labute approximate surface area is 101 Å². The molecule has 1 aromatic rings. The Morgan fingerprint density at radius 3 is 2.56 bits per heavy atom. The molecule has 0 fully saturated rings. The highest BCUT2D eigenvalue weighted by Gasteiger charge is 2.11. The molecule has 0 heterocycles. The Bertz CT molecular complexity index is 350. The van der Waals surface area contributed by atoms with Crippen molar-refractivity contribution in [2.45, 2.75) is 26.4 Å². The van der Waals surface area contributed by atoms with Gasteiger partial charge in [0.25, 0.3) is 0 Å². The summed E-state index contributed by atoms with van der Waals surface area (Å²) in [5, 5.41) is 9.92. The second kappa shape index (κ2) is 5.97. The fourth-order valence-corrected chi connectivity index (χ4v) is 1.76. The molecule has 0 saturated heterocycles. The molecule has 1 atom stereocenters. The number of aliphatic hydroxyl groups excluding tert-OH is 1. The van der Waals surface area contributed by atoms with Gasteiger partial charge in [0.2, 0.25) is 0 Å². The van der Waals surface area contributed by atoms with Crippen LogP contribution in [0.3, 0.4) is 0 Å². The summed E-state index contributed by atoms with van der Waals surface area (Å²) in [5.74, 6) is 1.30. The third kappa shape index (κ3) is 3.29. The Morgan fingerprint density at radius 2 is 2.06 bits per heavy atom. The van der Waals surface area contributed by atoms with E-state index >= 15 is 0 Å². The molecule has 1 unspecified atom stereocenters. The van der Waals surface area contributed by atoms with Crippen molar-refractivity contribution in [1.82, 2.24) is 0 Å². The fourth-order valence-electron chi connectivity index (χ4n) is 1.50. The summed E-state index contributed by atoms with van der Waals surface area (Å²) >= 11 is 6.02. The van der Waals surface area contributed by atoms with Gasteiger partial charge in [-0.1, -0.05) is 11.6 Å². The predicted molar refractivity (Wildman–Crippen MR) is 64.6 cm³/mol. The van der Waals surface area contributed by atoms with Gasteiger partial charge in [-0.05, 0) is 25.5 Å². The standard InChI is InChI=1S/C12H17ClO3/c1-4-16-11-7-12(15-3)10(13)6-9(11)5-8(2)14/h6-8,14H,4-5H2,1-3H3. The number of hydrogen-bond donors (Lipinski definition) is 1. The van der Waals surface area contributed by atoms with E-state index in [1.807, 2.05) is 6.92 Å². The maximum Gasteiger partial charge on any atom is 0.141 e. The van der Waals surface area contributed by atoms with E-state index in [2.05, 4.69) is 0 Å². The number of halogens is 1. The lowest BCUT2D eigenvalue weighted by atomic mass is 10.1. The van der Waals surface area contributed by atoms with E-state index in [4.69, 9.17) is 21.1 Å². The molecule has 0 amide bonds. The highest BCUT2D eigenvalue weighted by atomic mass is 35.5. The molecule has 0 aromatic heterocycles. The molecule has 90 valence electrons. The van der Waals surface area contributed by atoms with E-state index in [0.717, 1.165) is 5.56 Å². The second-order valence-electron chi connectivity index (χ2n) is 3.58. The largest absolute Gasteiger partial charge is 0.495 e. The van der Waals surface area contributed by atoms with Crippen LogP contribution >= 0.6 is 11.6 Å². The SMILES string of the molecule is CCOc1cc(OC)c(Cl)cc1CC(C)O. The van der Waals surface area contributed by atoms with Crippen LogP contribution in [0.15, 0.2) is 12.1 Å². The molecule has 1 aromatic carbocycles. The normalized spacial score (nSPS) is 12.3. The van der Waals surface area contributed by atoms with Crippen LogP contribution in [0.25, 0.3) is 0 Å². The second-order valence-corrected chi connectivity index (χ2v) is 3.99. The number of ether oxygens (including phenoxy) is 2. The van der Waals surface area contributed by atoms with Crippen molar-refractivity contribution in [2.75, 3.05) is 13.7 Å². The molecule has 0 bridgehead atoms. The lowest BCUT2D eigenvalue weighted by molar-refractivity contribution is 0.193. The average Bonchev–Trinajstić information content (AvgIpc) is 2.21. The van der Waals surface area contributed by atoms with Crippen molar-refractivity contribution >= 4 is 11.6 Å².